The molecule has 0 saturated carbocycles. The van der Waals surface area contributed by atoms with Gasteiger partial charge in [-0.05, 0) is 25.1 Å². The Morgan fingerprint density at radius 1 is 0.968 bits per heavy atom. The number of ether oxygens (including phenoxy) is 1. The number of aromatic nitrogens is 2. The molecule has 0 spiro atoms. The number of para-hydroxylation sites is 2. The molecular formula is C26H23N3O2. The van der Waals surface area contributed by atoms with Gasteiger partial charge in [0.05, 0.1) is 18.0 Å². The predicted molar refractivity (Wildman–Crippen MR) is 122 cm³/mol. The van der Waals surface area contributed by atoms with Crippen LogP contribution in [0.5, 0.6) is 5.75 Å². The highest BCUT2D eigenvalue weighted by Gasteiger charge is 2.35. The number of carbonyl (C=O) groups is 1. The number of benzene rings is 3. The molecule has 0 fully saturated rings. The number of hydrogen-bond donors (Lipinski definition) is 1. The molecule has 5 heteroatoms. The predicted octanol–water partition coefficient (Wildman–Crippen LogP) is 5.41. The zero-order valence-electron chi connectivity index (χ0n) is 17.3. The summed E-state index contributed by atoms with van der Waals surface area (Å²) in [6, 6.07) is 28.0. The highest BCUT2D eigenvalue weighted by molar-refractivity contribution is 5.96. The van der Waals surface area contributed by atoms with Gasteiger partial charge in [0, 0.05) is 29.0 Å². The van der Waals surface area contributed by atoms with Crippen molar-refractivity contribution in [3.05, 3.63) is 96.1 Å². The Hall–Kier alpha value is -3.86. The molecular weight excluding hydrogens is 386 g/mol. The van der Waals surface area contributed by atoms with Gasteiger partial charge in [0.25, 0.3) is 0 Å². The van der Waals surface area contributed by atoms with Gasteiger partial charge >= 0.3 is 0 Å². The number of anilines is 1. The fourth-order valence-electron chi connectivity index (χ4n) is 4.24. The van der Waals surface area contributed by atoms with E-state index in [9.17, 15) is 4.79 Å². The highest BCUT2D eigenvalue weighted by Crippen LogP contribution is 2.46. The lowest BCUT2D eigenvalue weighted by atomic mass is 9.84. The van der Waals surface area contributed by atoms with Crippen LogP contribution in [0.25, 0.3) is 16.9 Å². The van der Waals surface area contributed by atoms with Crippen molar-refractivity contribution in [1.82, 2.24) is 9.78 Å². The Bertz CT molecular complexity index is 1220. The quantitative estimate of drug-likeness (QED) is 0.479. The molecule has 5 nitrogen and oxygen atoms in total. The number of amides is 1. The van der Waals surface area contributed by atoms with Gasteiger partial charge in [-0.3, -0.25) is 4.79 Å². The SMILES string of the molecule is CCOc1ccccc1[C@H]1CC(=O)Nc2c1c(-c1ccccc1)nn2-c1ccccc1. The summed E-state index contributed by atoms with van der Waals surface area (Å²) in [5.41, 5.74) is 4.81. The third-order valence-corrected chi connectivity index (χ3v) is 5.56. The van der Waals surface area contributed by atoms with Crippen molar-refractivity contribution >= 4 is 11.7 Å². The summed E-state index contributed by atoms with van der Waals surface area (Å²) < 4.78 is 7.76. The molecule has 1 aliphatic heterocycles. The van der Waals surface area contributed by atoms with Crippen LogP contribution in [0.4, 0.5) is 5.82 Å². The number of fused-ring (bicyclic) bond motifs is 1. The smallest absolute Gasteiger partial charge is 0.226 e. The molecule has 1 aromatic heterocycles. The fraction of sp³-hybridized carbons (Fsp3) is 0.154. The number of hydrogen-bond acceptors (Lipinski definition) is 3. The van der Waals surface area contributed by atoms with Crippen LogP contribution in [-0.2, 0) is 4.79 Å². The van der Waals surface area contributed by atoms with Gasteiger partial charge < -0.3 is 10.1 Å². The normalized spacial score (nSPS) is 15.3. The summed E-state index contributed by atoms with van der Waals surface area (Å²) in [6.07, 6.45) is 0.345. The van der Waals surface area contributed by atoms with Crippen LogP contribution in [0.3, 0.4) is 0 Å². The van der Waals surface area contributed by atoms with Crippen molar-refractivity contribution < 1.29 is 9.53 Å². The third kappa shape index (κ3) is 3.48. The van der Waals surface area contributed by atoms with Gasteiger partial charge in [0.15, 0.2) is 0 Å². The van der Waals surface area contributed by atoms with Crippen molar-refractivity contribution in [3.8, 4) is 22.7 Å². The number of rotatable bonds is 5. The minimum atomic E-state index is -0.154. The van der Waals surface area contributed by atoms with E-state index in [4.69, 9.17) is 9.84 Å². The molecule has 4 aromatic rings. The first-order valence-electron chi connectivity index (χ1n) is 10.5. The van der Waals surface area contributed by atoms with Crippen LogP contribution >= 0.6 is 0 Å². The van der Waals surface area contributed by atoms with Gasteiger partial charge in [0.1, 0.15) is 11.6 Å². The molecule has 1 atom stereocenters. The van der Waals surface area contributed by atoms with Gasteiger partial charge in [-0.2, -0.15) is 5.10 Å². The Balaban J connectivity index is 1.77. The van der Waals surface area contributed by atoms with Crippen LogP contribution in [0.1, 0.15) is 30.4 Å². The molecule has 31 heavy (non-hydrogen) atoms. The van der Waals surface area contributed by atoms with Crippen molar-refractivity contribution in [2.45, 2.75) is 19.3 Å². The maximum atomic E-state index is 12.8. The highest BCUT2D eigenvalue weighted by atomic mass is 16.5. The second-order valence-electron chi connectivity index (χ2n) is 7.50. The number of nitrogens with one attached hydrogen (secondary N) is 1. The summed E-state index contributed by atoms with van der Waals surface area (Å²) in [4.78, 5) is 12.8. The van der Waals surface area contributed by atoms with Gasteiger partial charge in [-0.1, -0.05) is 66.7 Å². The molecule has 0 radical (unpaired) electrons. The lowest BCUT2D eigenvalue weighted by Crippen LogP contribution is -2.25. The Morgan fingerprint density at radius 2 is 1.65 bits per heavy atom. The van der Waals surface area contributed by atoms with Crippen molar-refractivity contribution in [2.24, 2.45) is 0 Å². The van der Waals surface area contributed by atoms with Crippen LogP contribution in [0.2, 0.25) is 0 Å². The topological polar surface area (TPSA) is 56.1 Å². The standard InChI is InChI=1S/C26H23N3O2/c1-2-31-22-16-10-9-15-20(22)21-17-23(30)27-26-24(21)25(18-11-5-3-6-12-18)28-29(26)19-13-7-4-8-14-19/h3-16,21H,2,17H2,1H3,(H,27,30)/t21-/m1/s1. The summed E-state index contributed by atoms with van der Waals surface area (Å²) >= 11 is 0. The third-order valence-electron chi connectivity index (χ3n) is 5.56. The first-order valence-corrected chi connectivity index (χ1v) is 10.5. The zero-order valence-corrected chi connectivity index (χ0v) is 17.3. The Morgan fingerprint density at radius 3 is 2.39 bits per heavy atom. The van der Waals surface area contributed by atoms with E-state index in [1.807, 2.05) is 84.4 Å². The van der Waals surface area contributed by atoms with E-state index in [0.717, 1.165) is 39.6 Å². The van der Waals surface area contributed by atoms with Crippen molar-refractivity contribution in [3.63, 3.8) is 0 Å². The number of carbonyl (C=O) groups excluding carboxylic acids is 1. The molecule has 154 valence electrons. The van der Waals surface area contributed by atoms with Gasteiger partial charge in [0.2, 0.25) is 5.91 Å². The Labute approximate surface area is 181 Å². The van der Waals surface area contributed by atoms with Crippen LogP contribution in [0.15, 0.2) is 84.9 Å². The largest absolute Gasteiger partial charge is 0.494 e. The van der Waals surface area contributed by atoms with Crippen molar-refractivity contribution in [1.29, 1.82) is 0 Å². The lowest BCUT2D eigenvalue weighted by Gasteiger charge is -2.26. The summed E-state index contributed by atoms with van der Waals surface area (Å²) in [5, 5.41) is 8.07. The van der Waals surface area contributed by atoms with Crippen LogP contribution in [-0.4, -0.2) is 22.3 Å². The number of nitrogens with zero attached hydrogens (tertiary/aromatic N) is 2. The molecule has 2 heterocycles. The van der Waals surface area contributed by atoms with Gasteiger partial charge in [-0.15, -0.1) is 0 Å². The minimum Gasteiger partial charge on any atom is -0.494 e. The van der Waals surface area contributed by atoms with E-state index in [0.29, 0.717) is 13.0 Å². The maximum Gasteiger partial charge on any atom is 0.226 e. The van der Waals surface area contributed by atoms with E-state index >= 15 is 0 Å². The molecule has 0 bridgehead atoms. The minimum absolute atomic E-state index is 0.0273. The summed E-state index contributed by atoms with van der Waals surface area (Å²) in [7, 11) is 0. The molecule has 0 unspecified atom stereocenters. The summed E-state index contributed by atoms with van der Waals surface area (Å²) in [6.45, 7) is 2.54. The van der Waals surface area contributed by atoms with E-state index < -0.39 is 0 Å². The van der Waals surface area contributed by atoms with E-state index in [1.54, 1.807) is 0 Å². The molecule has 0 aliphatic carbocycles. The molecule has 0 saturated heterocycles. The lowest BCUT2D eigenvalue weighted by molar-refractivity contribution is -0.116. The molecule has 3 aromatic carbocycles. The molecule has 5 rings (SSSR count). The van der Waals surface area contributed by atoms with E-state index in [2.05, 4.69) is 17.4 Å². The van der Waals surface area contributed by atoms with Gasteiger partial charge in [-0.25, -0.2) is 4.68 Å². The zero-order chi connectivity index (χ0) is 21.2. The maximum absolute atomic E-state index is 12.8. The molecule has 1 aliphatic rings. The Kier molecular flexibility index (Phi) is 5.00. The van der Waals surface area contributed by atoms with E-state index in [1.165, 1.54) is 0 Å². The summed E-state index contributed by atoms with van der Waals surface area (Å²) in [5.74, 6) is 1.35. The van der Waals surface area contributed by atoms with E-state index in [-0.39, 0.29) is 11.8 Å². The average molecular weight is 409 g/mol. The second-order valence-corrected chi connectivity index (χ2v) is 7.50. The molecule has 1 amide bonds. The van der Waals surface area contributed by atoms with Crippen molar-refractivity contribution in [2.75, 3.05) is 11.9 Å². The average Bonchev–Trinajstić information content (AvgIpc) is 3.20. The first-order chi connectivity index (χ1) is 15.3. The fourth-order valence-corrected chi connectivity index (χ4v) is 4.24. The molecule has 1 N–H and O–H groups in total. The second kappa shape index (κ2) is 8.11. The monoisotopic (exact) mass is 409 g/mol. The van der Waals surface area contributed by atoms with Crippen LogP contribution in [0, 0.1) is 0 Å². The first kappa shape index (κ1) is 19.1. The van der Waals surface area contributed by atoms with Crippen LogP contribution < -0.4 is 10.1 Å².